The molecule has 0 radical (unpaired) electrons. The molecule has 1 aliphatic rings. The lowest BCUT2D eigenvalue weighted by Gasteiger charge is -2.13. The monoisotopic (exact) mass is 225 g/mol. The van der Waals surface area contributed by atoms with Crippen LogP contribution >= 0.6 is 11.3 Å². The first kappa shape index (κ1) is 10.9. The highest BCUT2D eigenvalue weighted by molar-refractivity contribution is 7.13. The second kappa shape index (κ2) is 4.49. The smallest absolute Gasteiger partial charge is 0.182 e. The van der Waals surface area contributed by atoms with Crippen molar-refractivity contribution in [3.05, 3.63) is 11.1 Å². The van der Waals surface area contributed by atoms with Gasteiger partial charge in [-0.25, -0.2) is 4.98 Å². The molecule has 0 bridgehead atoms. The second-order valence-corrected chi connectivity index (χ2v) is 5.25. The highest BCUT2D eigenvalue weighted by Crippen LogP contribution is 2.48. The molecule has 1 aromatic rings. The van der Waals surface area contributed by atoms with Crippen molar-refractivity contribution in [3.8, 4) is 0 Å². The Morgan fingerprint density at radius 2 is 2.40 bits per heavy atom. The predicted molar refractivity (Wildman–Crippen MR) is 65.3 cm³/mol. The molecular formula is C11H19N3S. The molecule has 1 heterocycles. The molecule has 1 aliphatic carbocycles. The molecule has 84 valence electrons. The van der Waals surface area contributed by atoms with Gasteiger partial charge in [0.15, 0.2) is 5.13 Å². The number of aromatic nitrogens is 1. The van der Waals surface area contributed by atoms with E-state index in [1.54, 1.807) is 11.3 Å². The number of anilines is 1. The molecule has 0 unspecified atom stereocenters. The van der Waals surface area contributed by atoms with E-state index in [1.165, 1.54) is 18.5 Å². The van der Waals surface area contributed by atoms with Crippen LogP contribution in [0.4, 0.5) is 5.13 Å². The number of nitrogens with zero attached hydrogens (tertiary/aromatic N) is 1. The molecule has 1 aromatic heterocycles. The SMILES string of the molecule is CCc1csc(NCC2(CCN)CC2)n1. The quantitative estimate of drug-likeness (QED) is 0.780. The van der Waals surface area contributed by atoms with Crippen molar-refractivity contribution in [1.82, 2.24) is 4.98 Å². The lowest BCUT2D eigenvalue weighted by molar-refractivity contribution is 0.501. The summed E-state index contributed by atoms with van der Waals surface area (Å²) in [6.07, 6.45) is 4.81. The summed E-state index contributed by atoms with van der Waals surface area (Å²) < 4.78 is 0. The number of rotatable bonds is 6. The van der Waals surface area contributed by atoms with Crippen molar-refractivity contribution < 1.29 is 0 Å². The van der Waals surface area contributed by atoms with Crippen LogP contribution in [0.25, 0.3) is 0 Å². The average molecular weight is 225 g/mol. The number of nitrogens with one attached hydrogen (secondary N) is 1. The van der Waals surface area contributed by atoms with E-state index in [2.05, 4.69) is 22.6 Å². The van der Waals surface area contributed by atoms with E-state index >= 15 is 0 Å². The third kappa shape index (κ3) is 2.69. The minimum absolute atomic E-state index is 0.493. The predicted octanol–water partition coefficient (Wildman–Crippen LogP) is 2.25. The van der Waals surface area contributed by atoms with Crippen LogP contribution in [0.3, 0.4) is 0 Å². The third-order valence-corrected chi connectivity index (χ3v) is 4.01. The highest BCUT2D eigenvalue weighted by atomic mass is 32.1. The first-order valence-electron chi connectivity index (χ1n) is 5.66. The molecule has 4 heteroatoms. The Labute approximate surface area is 95.1 Å². The summed E-state index contributed by atoms with van der Waals surface area (Å²) in [5.74, 6) is 0. The second-order valence-electron chi connectivity index (χ2n) is 4.39. The summed E-state index contributed by atoms with van der Waals surface area (Å²) in [5, 5.41) is 6.63. The molecule has 15 heavy (non-hydrogen) atoms. The van der Waals surface area contributed by atoms with Crippen molar-refractivity contribution in [1.29, 1.82) is 0 Å². The van der Waals surface area contributed by atoms with Crippen LogP contribution in [0.1, 0.15) is 31.9 Å². The molecule has 2 rings (SSSR count). The van der Waals surface area contributed by atoms with Crippen molar-refractivity contribution in [2.24, 2.45) is 11.1 Å². The van der Waals surface area contributed by atoms with Crippen LogP contribution in [-0.2, 0) is 6.42 Å². The maximum Gasteiger partial charge on any atom is 0.182 e. The number of nitrogens with two attached hydrogens (primary N) is 1. The van der Waals surface area contributed by atoms with Crippen molar-refractivity contribution in [2.75, 3.05) is 18.4 Å². The van der Waals surface area contributed by atoms with Gasteiger partial charge in [-0.05, 0) is 37.6 Å². The van der Waals surface area contributed by atoms with Gasteiger partial charge in [-0.1, -0.05) is 6.92 Å². The number of thiazole rings is 1. The lowest BCUT2D eigenvalue weighted by atomic mass is 10.0. The lowest BCUT2D eigenvalue weighted by Crippen LogP contribution is -2.19. The Morgan fingerprint density at radius 1 is 1.60 bits per heavy atom. The van der Waals surface area contributed by atoms with Gasteiger partial charge in [-0.2, -0.15) is 0 Å². The summed E-state index contributed by atoms with van der Waals surface area (Å²) in [6.45, 7) is 3.98. The fraction of sp³-hybridized carbons (Fsp3) is 0.727. The zero-order valence-corrected chi connectivity index (χ0v) is 10.1. The zero-order chi connectivity index (χ0) is 10.7. The molecule has 0 atom stereocenters. The van der Waals surface area contributed by atoms with Crippen LogP contribution in [-0.4, -0.2) is 18.1 Å². The van der Waals surface area contributed by atoms with E-state index in [9.17, 15) is 0 Å². The summed E-state index contributed by atoms with van der Waals surface area (Å²) >= 11 is 1.71. The zero-order valence-electron chi connectivity index (χ0n) is 9.25. The first-order valence-corrected chi connectivity index (χ1v) is 6.54. The molecule has 3 N–H and O–H groups in total. The molecule has 1 saturated carbocycles. The molecule has 0 amide bonds. The number of aryl methyl sites for hydroxylation is 1. The van der Waals surface area contributed by atoms with Gasteiger partial charge in [0.25, 0.3) is 0 Å². The van der Waals surface area contributed by atoms with E-state index in [4.69, 9.17) is 5.73 Å². The fourth-order valence-corrected chi connectivity index (χ4v) is 2.60. The Kier molecular flexibility index (Phi) is 3.26. The van der Waals surface area contributed by atoms with E-state index in [0.29, 0.717) is 5.41 Å². The molecule has 1 fully saturated rings. The van der Waals surface area contributed by atoms with Gasteiger partial charge in [-0.3, -0.25) is 0 Å². The summed E-state index contributed by atoms with van der Waals surface area (Å²) in [5.41, 5.74) is 7.29. The Balaban J connectivity index is 1.82. The Morgan fingerprint density at radius 3 is 2.93 bits per heavy atom. The standard InChI is InChI=1S/C11H19N3S/c1-2-9-7-15-10(14-9)13-8-11(3-4-11)5-6-12/h7H,2-6,8,12H2,1H3,(H,13,14). The average Bonchev–Trinajstić information content (AvgIpc) is 2.86. The van der Waals surface area contributed by atoms with Gasteiger partial charge >= 0.3 is 0 Å². The van der Waals surface area contributed by atoms with E-state index in [-0.39, 0.29) is 0 Å². The van der Waals surface area contributed by atoms with Gasteiger partial charge in [0.1, 0.15) is 0 Å². The van der Waals surface area contributed by atoms with Gasteiger partial charge in [-0.15, -0.1) is 11.3 Å². The maximum atomic E-state index is 5.61. The Bertz CT molecular complexity index is 317. The molecular weight excluding hydrogens is 206 g/mol. The number of hydrogen-bond donors (Lipinski definition) is 2. The molecule has 0 saturated heterocycles. The fourth-order valence-electron chi connectivity index (χ4n) is 1.81. The van der Waals surface area contributed by atoms with Crippen LogP contribution in [0.15, 0.2) is 5.38 Å². The molecule has 0 spiro atoms. The van der Waals surface area contributed by atoms with Crippen LogP contribution in [0.2, 0.25) is 0 Å². The number of hydrogen-bond acceptors (Lipinski definition) is 4. The van der Waals surface area contributed by atoms with E-state index in [0.717, 1.165) is 31.1 Å². The summed E-state index contributed by atoms with van der Waals surface area (Å²) in [7, 11) is 0. The maximum absolute atomic E-state index is 5.61. The summed E-state index contributed by atoms with van der Waals surface area (Å²) in [6, 6.07) is 0. The van der Waals surface area contributed by atoms with E-state index in [1.807, 2.05) is 0 Å². The van der Waals surface area contributed by atoms with Crippen LogP contribution in [0, 0.1) is 5.41 Å². The van der Waals surface area contributed by atoms with Gasteiger partial charge in [0.2, 0.25) is 0 Å². The van der Waals surface area contributed by atoms with Gasteiger partial charge in [0, 0.05) is 11.9 Å². The normalized spacial score (nSPS) is 17.7. The highest BCUT2D eigenvalue weighted by Gasteiger charge is 2.41. The third-order valence-electron chi connectivity index (χ3n) is 3.16. The van der Waals surface area contributed by atoms with E-state index < -0.39 is 0 Å². The Hall–Kier alpha value is -0.610. The summed E-state index contributed by atoms with van der Waals surface area (Å²) in [4.78, 5) is 4.50. The van der Waals surface area contributed by atoms with Crippen molar-refractivity contribution in [3.63, 3.8) is 0 Å². The van der Waals surface area contributed by atoms with Crippen LogP contribution < -0.4 is 11.1 Å². The molecule has 0 aliphatic heterocycles. The van der Waals surface area contributed by atoms with Gasteiger partial charge < -0.3 is 11.1 Å². The topological polar surface area (TPSA) is 50.9 Å². The van der Waals surface area contributed by atoms with Crippen molar-refractivity contribution >= 4 is 16.5 Å². The largest absolute Gasteiger partial charge is 0.361 e. The molecule has 0 aromatic carbocycles. The molecule has 3 nitrogen and oxygen atoms in total. The minimum atomic E-state index is 0.493. The van der Waals surface area contributed by atoms with Crippen LogP contribution in [0.5, 0.6) is 0 Å². The first-order chi connectivity index (χ1) is 7.28. The van der Waals surface area contributed by atoms with Gasteiger partial charge in [0.05, 0.1) is 5.69 Å². The minimum Gasteiger partial charge on any atom is -0.361 e. The van der Waals surface area contributed by atoms with Crippen molar-refractivity contribution in [2.45, 2.75) is 32.6 Å².